The van der Waals surface area contributed by atoms with Gasteiger partial charge < -0.3 is 9.64 Å². The molecule has 3 heteroatoms. The van der Waals surface area contributed by atoms with E-state index >= 15 is 0 Å². The van der Waals surface area contributed by atoms with Crippen molar-refractivity contribution in [2.24, 2.45) is 5.41 Å². The summed E-state index contributed by atoms with van der Waals surface area (Å²) in [5.74, 6) is 0.225. The van der Waals surface area contributed by atoms with Gasteiger partial charge in [-0.15, -0.1) is 0 Å². The quantitative estimate of drug-likeness (QED) is 0.780. The largest absolute Gasteiger partial charge is 0.378 e. The molecule has 0 bridgehead atoms. The van der Waals surface area contributed by atoms with Gasteiger partial charge in [0.05, 0.1) is 13.2 Å². The van der Waals surface area contributed by atoms with Crippen LogP contribution in [0.1, 0.15) is 37.6 Å². The number of hydrogen-bond acceptors (Lipinski definition) is 3. The summed E-state index contributed by atoms with van der Waals surface area (Å²) < 4.78 is 5.35. The average molecular weight is 261 g/mol. The van der Waals surface area contributed by atoms with Gasteiger partial charge in [-0.25, -0.2) is 0 Å². The van der Waals surface area contributed by atoms with Crippen molar-refractivity contribution < 1.29 is 9.53 Å². The second-order valence-corrected chi connectivity index (χ2v) is 5.71. The number of hydrogen-bond donors (Lipinski definition) is 0. The van der Waals surface area contributed by atoms with E-state index in [4.69, 9.17) is 4.74 Å². The molecule has 2 rings (SSSR count). The maximum atomic E-state index is 12.4. The Bertz CT molecular complexity index is 431. The Kier molecular flexibility index (Phi) is 4.25. The van der Waals surface area contributed by atoms with E-state index in [9.17, 15) is 4.79 Å². The summed E-state index contributed by atoms with van der Waals surface area (Å²) in [7, 11) is 0. The van der Waals surface area contributed by atoms with Crippen molar-refractivity contribution in [2.75, 3.05) is 31.2 Å². The lowest BCUT2D eigenvalue weighted by Crippen LogP contribution is -2.36. The minimum absolute atomic E-state index is 0.225. The monoisotopic (exact) mass is 261 g/mol. The van der Waals surface area contributed by atoms with E-state index in [2.05, 4.69) is 11.8 Å². The normalized spacial score (nSPS) is 16.5. The van der Waals surface area contributed by atoms with Gasteiger partial charge in [0.1, 0.15) is 0 Å². The van der Waals surface area contributed by atoms with Crippen LogP contribution in [0.5, 0.6) is 0 Å². The van der Waals surface area contributed by atoms with Crippen molar-refractivity contribution in [3.63, 3.8) is 0 Å². The summed E-state index contributed by atoms with van der Waals surface area (Å²) >= 11 is 0. The first kappa shape index (κ1) is 14.1. The number of carbonyl (C=O) groups excluding carboxylic acids is 1. The lowest BCUT2D eigenvalue weighted by Gasteiger charge is -2.29. The van der Waals surface area contributed by atoms with Gasteiger partial charge in [-0.1, -0.05) is 20.8 Å². The second-order valence-electron chi connectivity index (χ2n) is 5.71. The Hall–Kier alpha value is -1.35. The molecule has 0 unspecified atom stereocenters. The molecule has 0 amide bonds. The lowest BCUT2D eigenvalue weighted by molar-refractivity contribution is 0.0833. The first-order valence-corrected chi connectivity index (χ1v) is 7.02. The standard InChI is InChI=1S/C16H23NO2/c1-4-16(2,3)15(18)13-5-7-14(8-6-13)17-9-11-19-12-10-17/h5-8H,4,9-12H2,1-3H3. The first-order chi connectivity index (χ1) is 9.04. The van der Waals surface area contributed by atoms with Gasteiger partial charge in [-0.2, -0.15) is 0 Å². The third-order valence-electron chi connectivity index (χ3n) is 4.00. The Morgan fingerprint density at radius 3 is 2.32 bits per heavy atom. The summed E-state index contributed by atoms with van der Waals surface area (Å²) in [5, 5.41) is 0. The van der Waals surface area contributed by atoms with Crippen LogP contribution in [0.4, 0.5) is 5.69 Å². The number of anilines is 1. The maximum Gasteiger partial charge on any atom is 0.168 e. The minimum atomic E-state index is -0.277. The number of ether oxygens (including phenoxy) is 1. The summed E-state index contributed by atoms with van der Waals surface area (Å²) in [5.41, 5.74) is 1.71. The summed E-state index contributed by atoms with van der Waals surface area (Å²) in [6, 6.07) is 7.99. The molecule has 3 nitrogen and oxygen atoms in total. The van der Waals surface area contributed by atoms with E-state index < -0.39 is 0 Å². The first-order valence-electron chi connectivity index (χ1n) is 7.02. The molecule has 0 atom stereocenters. The summed E-state index contributed by atoms with van der Waals surface area (Å²) in [6.45, 7) is 9.48. The summed E-state index contributed by atoms with van der Waals surface area (Å²) in [6.07, 6.45) is 0.858. The number of carbonyl (C=O) groups is 1. The molecule has 0 saturated carbocycles. The molecule has 0 aromatic heterocycles. The van der Waals surface area contributed by atoms with E-state index in [1.165, 1.54) is 5.69 Å². The molecule has 1 aliphatic rings. The van der Waals surface area contributed by atoms with Crippen LogP contribution >= 0.6 is 0 Å². The van der Waals surface area contributed by atoms with Gasteiger partial charge in [0.2, 0.25) is 0 Å². The van der Waals surface area contributed by atoms with Crippen LogP contribution in [0.15, 0.2) is 24.3 Å². The number of benzene rings is 1. The third kappa shape index (κ3) is 3.16. The molecule has 1 fully saturated rings. The Morgan fingerprint density at radius 2 is 1.79 bits per heavy atom. The molecule has 0 radical (unpaired) electrons. The highest BCUT2D eigenvalue weighted by molar-refractivity contribution is 6.00. The minimum Gasteiger partial charge on any atom is -0.378 e. The van der Waals surface area contributed by atoms with Crippen LogP contribution in [0.3, 0.4) is 0 Å². The average Bonchev–Trinajstić information content (AvgIpc) is 2.47. The van der Waals surface area contributed by atoms with Crippen molar-refractivity contribution >= 4 is 11.5 Å². The molecular weight excluding hydrogens is 238 g/mol. The third-order valence-corrected chi connectivity index (χ3v) is 4.00. The molecule has 1 aliphatic heterocycles. The Balaban J connectivity index is 2.12. The Morgan fingerprint density at radius 1 is 1.21 bits per heavy atom. The Labute approximate surface area is 115 Å². The molecule has 0 N–H and O–H groups in total. The predicted molar refractivity (Wildman–Crippen MR) is 77.9 cm³/mol. The van der Waals surface area contributed by atoms with Crippen molar-refractivity contribution in [2.45, 2.75) is 27.2 Å². The van der Waals surface area contributed by atoms with Gasteiger partial charge >= 0.3 is 0 Å². The highest BCUT2D eigenvalue weighted by Gasteiger charge is 2.26. The molecule has 19 heavy (non-hydrogen) atoms. The van der Waals surface area contributed by atoms with Crippen molar-refractivity contribution in [3.05, 3.63) is 29.8 Å². The molecule has 104 valence electrons. The van der Waals surface area contributed by atoms with Crippen LogP contribution in [0.25, 0.3) is 0 Å². The van der Waals surface area contributed by atoms with E-state index in [-0.39, 0.29) is 11.2 Å². The highest BCUT2D eigenvalue weighted by atomic mass is 16.5. The molecule has 1 aromatic carbocycles. The van der Waals surface area contributed by atoms with Gasteiger partial charge in [0, 0.05) is 29.8 Å². The fourth-order valence-corrected chi connectivity index (χ4v) is 2.20. The molecule has 1 heterocycles. The lowest BCUT2D eigenvalue weighted by atomic mass is 9.82. The number of morpholine rings is 1. The van der Waals surface area contributed by atoms with Gasteiger partial charge in [-0.3, -0.25) is 4.79 Å². The van der Waals surface area contributed by atoms with Crippen LogP contribution in [-0.4, -0.2) is 32.1 Å². The van der Waals surface area contributed by atoms with E-state index in [1.54, 1.807) is 0 Å². The fraction of sp³-hybridized carbons (Fsp3) is 0.562. The van der Waals surface area contributed by atoms with Crippen LogP contribution in [0.2, 0.25) is 0 Å². The molecule has 0 aliphatic carbocycles. The number of rotatable bonds is 4. The van der Waals surface area contributed by atoms with Gasteiger partial charge in [0.15, 0.2) is 5.78 Å². The van der Waals surface area contributed by atoms with E-state index in [1.807, 2.05) is 38.1 Å². The molecular formula is C16H23NO2. The van der Waals surface area contributed by atoms with Crippen molar-refractivity contribution in [1.82, 2.24) is 0 Å². The van der Waals surface area contributed by atoms with Crippen LogP contribution < -0.4 is 4.90 Å². The SMILES string of the molecule is CCC(C)(C)C(=O)c1ccc(N2CCOCC2)cc1. The van der Waals surface area contributed by atoms with Crippen molar-refractivity contribution in [3.8, 4) is 0 Å². The zero-order valence-electron chi connectivity index (χ0n) is 12.1. The van der Waals surface area contributed by atoms with Crippen LogP contribution in [0, 0.1) is 5.41 Å². The maximum absolute atomic E-state index is 12.4. The molecule has 0 spiro atoms. The number of ketones is 1. The molecule has 1 saturated heterocycles. The van der Waals surface area contributed by atoms with Gasteiger partial charge in [0.25, 0.3) is 0 Å². The van der Waals surface area contributed by atoms with E-state index in [0.29, 0.717) is 0 Å². The second kappa shape index (κ2) is 5.74. The smallest absolute Gasteiger partial charge is 0.168 e. The van der Waals surface area contributed by atoms with Gasteiger partial charge in [-0.05, 0) is 30.7 Å². The zero-order valence-corrected chi connectivity index (χ0v) is 12.1. The molecule has 1 aromatic rings. The fourth-order valence-electron chi connectivity index (χ4n) is 2.20. The van der Waals surface area contributed by atoms with Crippen LogP contribution in [-0.2, 0) is 4.74 Å². The topological polar surface area (TPSA) is 29.5 Å². The van der Waals surface area contributed by atoms with E-state index in [0.717, 1.165) is 38.3 Å². The summed E-state index contributed by atoms with van der Waals surface area (Å²) in [4.78, 5) is 14.6. The highest BCUT2D eigenvalue weighted by Crippen LogP contribution is 2.26. The van der Waals surface area contributed by atoms with Crippen molar-refractivity contribution in [1.29, 1.82) is 0 Å². The predicted octanol–water partition coefficient (Wildman–Crippen LogP) is 3.14. The zero-order chi connectivity index (χ0) is 13.9. The number of nitrogens with zero attached hydrogens (tertiary/aromatic N) is 1. The number of Topliss-reactive ketones (excluding diaryl/α,β-unsaturated/α-hetero) is 1.